The molecule has 2 heterocycles. The molecule has 2 fully saturated rings. The average molecular weight is 443 g/mol. The van der Waals surface area contributed by atoms with Crippen LogP contribution in [0.2, 0.25) is 0 Å². The molecule has 0 N–H and O–H groups in total. The Bertz CT molecular complexity index is 905. The number of benzene rings is 1. The number of aromatic nitrogens is 3. The third kappa shape index (κ3) is 5.29. The highest BCUT2D eigenvalue weighted by molar-refractivity contribution is 8.00. The maximum absolute atomic E-state index is 13.1. The Morgan fingerprint density at radius 1 is 1.13 bits per heavy atom. The smallest absolute Gasteiger partial charge is 0.309 e. The summed E-state index contributed by atoms with van der Waals surface area (Å²) in [6, 6.07) is 10.3. The van der Waals surface area contributed by atoms with Gasteiger partial charge in [-0.05, 0) is 45.1 Å². The predicted molar refractivity (Wildman–Crippen MR) is 119 cm³/mol. The Morgan fingerprint density at radius 2 is 1.84 bits per heavy atom. The lowest BCUT2D eigenvalue weighted by atomic mass is 9.97. The van der Waals surface area contributed by atoms with Crippen LogP contribution < -0.4 is 0 Å². The summed E-state index contributed by atoms with van der Waals surface area (Å²) >= 11 is 1.48. The zero-order valence-electron chi connectivity index (χ0n) is 18.2. The zero-order chi connectivity index (χ0) is 21.8. The number of carbonyl (C=O) groups excluding carboxylic acids is 2. The Hall–Kier alpha value is -2.35. The van der Waals surface area contributed by atoms with Gasteiger partial charge in [-0.1, -0.05) is 42.1 Å². The van der Waals surface area contributed by atoms with Gasteiger partial charge in [-0.25, -0.2) is 0 Å². The highest BCUT2D eigenvalue weighted by atomic mass is 32.2. The van der Waals surface area contributed by atoms with E-state index in [2.05, 4.69) is 26.9 Å². The molecule has 166 valence electrons. The first kappa shape index (κ1) is 21.9. The first-order chi connectivity index (χ1) is 15.1. The van der Waals surface area contributed by atoms with Gasteiger partial charge in [0, 0.05) is 19.0 Å². The van der Waals surface area contributed by atoms with E-state index in [0.717, 1.165) is 23.8 Å². The van der Waals surface area contributed by atoms with Crippen LogP contribution in [0.4, 0.5) is 0 Å². The van der Waals surface area contributed by atoms with Crippen molar-refractivity contribution in [3.8, 4) is 0 Å². The summed E-state index contributed by atoms with van der Waals surface area (Å²) in [5, 5.41) is 9.44. The van der Waals surface area contributed by atoms with E-state index in [1.54, 1.807) is 0 Å². The van der Waals surface area contributed by atoms with Crippen LogP contribution in [0.15, 0.2) is 35.5 Å². The lowest BCUT2D eigenvalue weighted by molar-refractivity contribution is -0.151. The van der Waals surface area contributed by atoms with E-state index in [1.165, 1.54) is 17.3 Å². The molecule has 8 heteroatoms. The molecule has 2 aliphatic rings. The molecule has 4 rings (SSSR count). The van der Waals surface area contributed by atoms with Crippen LogP contribution in [0.5, 0.6) is 0 Å². The second kappa shape index (κ2) is 9.85. The molecule has 1 amide bonds. The minimum atomic E-state index is -0.259. The summed E-state index contributed by atoms with van der Waals surface area (Å²) in [7, 11) is 0. The van der Waals surface area contributed by atoms with Crippen LogP contribution in [0.1, 0.15) is 56.8 Å². The third-order valence-electron chi connectivity index (χ3n) is 5.93. The fraction of sp³-hybridized carbons (Fsp3) is 0.565. The molecule has 1 aromatic heterocycles. The summed E-state index contributed by atoms with van der Waals surface area (Å²) in [5.74, 6) is 1.37. The van der Waals surface area contributed by atoms with E-state index in [0.29, 0.717) is 45.0 Å². The van der Waals surface area contributed by atoms with Crippen molar-refractivity contribution < 1.29 is 14.3 Å². The minimum absolute atomic E-state index is 0.0922. The molecule has 1 atom stereocenters. The molecule has 31 heavy (non-hydrogen) atoms. The molecule has 0 unspecified atom stereocenters. The topological polar surface area (TPSA) is 77.3 Å². The number of nitrogens with zero attached hydrogens (tertiary/aromatic N) is 4. The standard InChI is InChI=1S/C23H30N4O3S/c1-3-30-22(29)19-11-13-26(14-12-19)21(28)16(2)31-23-25-24-20(18-9-10-18)27(23)15-17-7-5-4-6-8-17/h4-8,16,18-19H,3,9-15H2,1-2H3/t16-/m0/s1. The normalized spacial score (nSPS) is 18.1. The lowest BCUT2D eigenvalue weighted by Gasteiger charge is -2.32. The van der Waals surface area contributed by atoms with Gasteiger partial charge in [0.1, 0.15) is 5.82 Å². The number of thioether (sulfide) groups is 1. The Morgan fingerprint density at radius 3 is 2.48 bits per heavy atom. The Balaban J connectivity index is 1.40. The van der Waals surface area contributed by atoms with E-state index < -0.39 is 0 Å². The second-order valence-corrected chi connectivity index (χ2v) is 9.61. The van der Waals surface area contributed by atoms with Crippen molar-refractivity contribution in [2.75, 3.05) is 19.7 Å². The van der Waals surface area contributed by atoms with Gasteiger partial charge in [0.2, 0.25) is 5.91 Å². The molecule has 0 radical (unpaired) electrons. The van der Waals surface area contributed by atoms with Gasteiger partial charge >= 0.3 is 5.97 Å². The Labute approximate surface area is 187 Å². The van der Waals surface area contributed by atoms with Gasteiger partial charge in [0.15, 0.2) is 5.16 Å². The molecule has 0 bridgehead atoms. The van der Waals surface area contributed by atoms with Crippen LogP contribution in [0.3, 0.4) is 0 Å². The predicted octanol–water partition coefficient (Wildman–Crippen LogP) is 3.49. The summed E-state index contributed by atoms with van der Waals surface area (Å²) in [4.78, 5) is 26.9. The first-order valence-electron chi connectivity index (χ1n) is 11.2. The Kier molecular flexibility index (Phi) is 6.95. The molecule has 1 aromatic carbocycles. The number of likely N-dealkylation sites (tertiary alicyclic amines) is 1. The van der Waals surface area contributed by atoms with Crippen molar-refractivity contribution in [1.82, 2.24) is 19.7 Å². The van der Waals surface area contributed by atoms with Crippen LogP contribution in [0, 0.1) is 5.92 Å². The highest BCUT2D eigenvalue weighted by Gasteiger charge is 2.33. The zero-order valence-corrected chi connectivity index (χ0v) is 19.0. The summed E-state index contributed by atoms with van der Waals surface area (Å²) in [6.07, 6.45) is 3.64. The van der Waals surface area contributed by atoms with Crippen molar-refractivity contribution in [3.05, 3.63) is 41.7 Å². The fourth-order valence-corrected chi connectivity index (χ4v) is 4.95. The number of rotatable bonds is 8. The molecule has 0 spiro atoms. The quantitative estimate of drug-likeness (QED) is 0.460. The van der Waals surface area contributed by atoms with Crippen molar-refractivity contribution in [3.63, 3.8) is 0 Å². The molecule has 2 aromatic rings. The SMILES string of the molecule is CCOC(=O)C1CCN(C(=O)[C@H](C)Sc2nnc(C3CC3)n2Cc2ccccc2)CC1. The second-order valence-electron chi connectivity index (χ2n) is 8.30. The van der Waals surface area contributed by atoms with Gasteiger partial charge in [-0.2, -0.15) is 0 Å². The van der Waals surface area contributed by atoms with Crippen LogP contribution in [-0.4, -0.2) is 56.5 Å². The number of amides is 1. The minimum Gasteiger partial charge on any atom is -0.466 e. The van der Waals surface area contributed by atoms with Crippen molar-refractivity contribution >= 4 is 23.6 Å². The molecule has 1 aliphatic heterocycles. The molecule has 7 nitrogen and oxygen atoms in total. The number of ether oxygens (including phenoxy) is 1. The summed E-state index contributed by atoms with van der Waals surface area (Å²) in [5.41, 5.74) is 1.20. The van der Waals surface area contributed by atoms with E-state index in [9.17, 15) is 9.59 Å². The lowest BCUT2D eigenvalue weighted by Crippen LogP contribution is -2.43. The number of hydrogen-bond donors (Lipinski definition) is 0. The van der Waals surface area contributed by atoms with Gasteiger partial charge in [0.05, 0.1) is 24.3 Å². The molecule has 1 saturated heterocycles. The van der Waals surface area contributed by atoms with Gasteiger partial charge in [0.25, 0.3) is 0 Å². The number of esters is 1. The summed E-state index contributed by atoms with van der Waals surface area (Å²) < 4.78 is 7.30. The van der Waals surface area contributed by atoms with Crippen molar-refractivity contribution in [2.24, 2.45) is 5.92 Å². The van der Waals surface area contributed by atoms with E-state index in [-0.39, 0.29) is 23.0 Å². The number of piperidine rings is 1. The highest BCUT2D eigenvalue weighted by Crippen LogP contribution is 2.40. The van der Waals surface area contributed by atoms with Gasteiger partial charge in [-0.15, -0.1) is 10.2 Å². The fourth-order valence-electron chi connectivity index (χ4n) is 4.01. The van der Waals surface area contributed by atoms with E-state index in [4.69, 9.17) is 4.74 Å². The monoisotopic (exact) mass is 442 g/mol. The molecular weight excluding hydrogens is 412 g/mol. The maximum atomic E-state index is 13.1. The van der Waals surface area contributed by atoms with E-state index >= 15 is 0 Å². The number of hydrogen-bond acceptors (Lipinski definition) is 6. The molecular formula is C23H30N4O3S. The van der Waals surface area contributed by atoms with Gasteiger partial charge in [-0.3, -0.25) is 9.59 Å². The van der Waals surface area contributed by atoms with Crippen molar-refractivity contribution in [1.29, 1.82) is 0 Å². The van der Waals surface area contributed by atoms with Gasteiger partial charge < -0.3 is 14.2 Å². The van der Waals surface area contributed by atoms with E-state index in [1.807, 2.05) is 36.9 Å². The van der Waals surface area contributed by atoms with Crippen molar-refractivity contribution in [2.45, 2.75) is 62.4 Å². The van der Waals surface area contributed by atoms with Crippen LogP contribution in [0.25, 0.3) is 0 Å². The largest absolute Gasteiger partial charge is 0.466 e. The maximum Gasteiger partial charge on any atom is 0.309 e. The third-order valence-corrected chi connectivity index (χ3v) is 7.00. The number of carbonyl (C=O) groups is 2. The van der Waals surface area contributed by atoms with Crippen LogP contribution >= 0.6 is 11.8 Å². The molecule has 1 aliphatic carbocycles. The average Bonchev–Trinajstić information content (AvgIpc) is 3.57. The molecule has 1 saturated carbocycles. The van der Waals surface area contributed by atoms with Crippen LogP contribution in [-0.2, 0) is 20.9 Å². The first-order valence-corrected chi connectivity index (χ1v) is 12.0. The summed E-state index contributed by atoms with van der Waals surface area (Å²) in [6.45, 7) is 6.06.